The van der Waals surface area contributed by atoms with E-state index in [0.29, 0.717) is 22.6 Å². The van der Waals surface area contributed by atoms with Crippen LogP contribution in [0.1, 0.15) is 29.5 Å². The van der Waals surface area contributed by atoms with Gasteiger partial charge in [-0.1, -0.05) is 59.6 Å². The molecule has 120 valence electrons. The average Bonchev–Trinajstić information content (AvgIpc) is 2.88. The minimum Gasteiger partial charge on any atom is -0.369 e. The first-order chi connectivity index (χ1) is 11.1. The Morgan fingerprint density at radius 2 is 1.96 bits per heavy atom. The molecule has 4 heteroatoms. The van der Waals surface area contributed by atoms with Crippen molar-refractivity contribution in [3.05, 3.63) is 69.2 Å². The van der Waals surface area contributed by atoms with Gasteiger partial charge in [-0.3, -0.25) is 4.90 Å². The molecule has 2 aromatic rings. The number of halogens is 2. The molecule has 1 fully saturated rings. The molecule has 2 aliphatic rings. The Balaban J connectivity index is 1.63. The quantitative estimate of drug-likeness (QED) is 0.767. The molecule has 0 bridgehead atoms. The van der Waals surface area contributed by atoms with Gasteiger partial charge in [-0.2, -0.15) is 0 Å². The van der Waals surface area contributed by atoms with Gasteiger partial charge in [0.1, 0.15) is 0 Å². The van der Waals surface area contributed by atoms with Crippen molar-refractivity contribution in [2.75, 3.05) is 13.1 Å². The number of ether oxygens (including phenoxy) is 1. The van der Waals surface area contributed by atoms with Crippen LogP contribution in [0.5, 0.6) is 0 Å². The number of nitrogens with zero attached hydrogens (tertiary/aromatic N) is 1. The van der Waals surface area contributed by atoms with Crippen LogP contribution in [0, 0.1) is 0 Å². The van der Waals surface area contributed by atoms with Crippen LogP contribution in [0.3, 0.4) is 0 Å². The predicted octanol–water partition coefficient (Wildman–Crippen LogP) is 4.88. The standard InChI is InChI=1S/C19H19Cl2NO/c1-19-12-22(9-13-5-3-2-4-6-13)10-16(19)14-7-8-17(20)18(21)15(14)11-23-19/h2-8,16H,9-12H2,1H3. The summed E-state index contributed by atoms with van der Waals surface area (Å²) >= 11 is 12.5. The van der Waals surface area contributed by atoms with Crippen LogP contribution in [0.2, 0.25) is 10.0 Å². The molecule has 1 saturated heterocycles. The topological polar surface area (TPSA) is 12.5 Å². The van der Waals surface area contributed by atoms with Gasteiger partial charge in [-0.05, 0) is 24.1 Å². The van der Waals surface area contributed by atoms with Crippen molar-refractivity contribution in [1.82, 2.24) is 4.90 Å². The van der Waals surface area contributed by atoms with Crippen molar-refractivity contribution in [2.45, 2.75) is 31.6 Å². The minimum atomic E-state index is -0.154. The molecule has 0 spiro atoms. The molecule has 2 aromatic carbocycles. The minimum absolute atomic E-state index is 0.154. The third-order valence-corrected chi connectivity index (χ3v) is 5.96. The fraction of sp³-hybridized carbons (Fsp3) is 0.368. The van der Waals surface area contributed by atoms with Crippen LogP contribution in [0.25, 0.3) is 0 Å². The first kappa shape index (κ1) is 15.5. The molecule has 4 rings (SSSR count). The zero-order valence-corrected chi connectivity index (χ0v) is 14.6. The third-order valence-electron chi connectivity index (χ3n) is 5.12. The SMILES string of the molecule is CC12CN(Cc3ccccc3)CC1c1ccc(Cl)c(Cl)c1CO2. The smallest absolute Gasteiger partial charge is 0.0866 e. The van der Waals surface area contributed by atoms with Crippen molar-refractivity contribution in [2.24, 2.45) is 0 Å². The zero-order chi connectivity index (χ0) is 16.0. The average molecular weight is 348 g/mol. The highest BCUT2D eigenvalue weighted by Gasteiger charge is 2.48. The van der Waals surface area contributed by atoms with Gasteiger partial charge in [0.05, 0.1) is 22.3 Å². The van der Waals surface area contributed by atoms with E-state index in [2.05, 4.69) is 48.2 Å². The summed E-state index contributed by atoms with van der Waals surface area (Å²) in [6.45, 7) is 5.63. The predicted molar refractivity (Wildman–Crippen MR) is 94.1 cm³/mol. The summed E-state index contributed by atoms with van der Waals surface area (Å²) in [4.78, 5) is 2.47. The number of likely N-dealkylation sites (tertiary alicyclic amines) is 1. The Morgan fingerprint density at radius 1 is 1.17 bits per heavy atom. The zero-order valence-electron chi connectivity index (χ0n) is 13.1. The van der Waals surface area contributed by atoms with Gasteiger partial charge >= 0.3 is 0 Å². The first-order valence-electron chi connectivity index (χ1n) is 7.94. The van der Waals surface area contributed by atoms with E-state index >= 15 is 0 Å². The number of fused-ring (bicyclic) bond motifs is 3. The van der Waals surface area contributed by atoms with Crippen molar-refractivity contribution in [3.8, 4) is 0 Å². The summed E-state index contributed by atoms with van der Waals surface area (Å²) in [5, 5.41) is 1.25. The van der Waals surface area contributed by atoms with Crippen LogP contribution in [-0.4, -0.2) is 23.6 Å². The highest BCUT2D eigenvalue weighted by molar-refractivity contribution is 6.42. The van der Waals surface area contributed by atoms with Gasteiger partial charge in [-0.15, -0.1) is 0 Å². The molecule has 0 N–H and O–H groups in total. The molecule has 0 amide bonds. The molecular weight excluding hydrogens is 329 g/mol. The lowest BCUT2D eigenvalue weighted by Gasteiger charge is -2.37. The van der Waals surface area contributed by atoms with Crippen molar-refractivity contribution in [1.29, 1.82) is 0 Å². The highest BCUT2D eigenvalue weighted by Crippen LogP contribution is 2.47. The Kier molecular flexibility index (Phi) is 3.89. The van der Waals surface area contributed by atoms with Gasteiger partial charge < -0.3 is 4.74 Å². The maximum atomic E-state index is 6.39. The summed E-state index contributed by atoms with van der Waals surface area (Å²) in [5.41, 5.74) is 3.54. The number of hydrogen-bond acceptors (Lipinski definition) is 2. The lowest BCUT2D eigenvalue weighted by atomic mass is 9.81. The van der Waals surface area contributed by atoms with E-state index in [9.17, 15) is 0 Å². The van der Waals surface area contributed by atoms with Crippen LogP contribution < -0.4 is 0 Å². The second-order valence-electron chi connectivity index (χ2n) is 6.74. The van der Waals surface area contributed by atoms with E-state index < -0.39 is 0 Å². The summed E-state index contributed by atoms with van der Waals surface area (Å²) in [6.07, 6.45) is 0. The summed E-state index contributed by atoms with van der Waals surface area (Å²) < 4.78 is 6.23. The number of rotatable bonds is 2. The van der Waals surface area contributed by atoms with E-state index in [1.807, 2.05) is 6.07 Å². The summed E-state index contributed by atoms with van der Waals surface area (Å²) in [6, 6.07) is 14.6. The normalized spacial score (nSPS) is 26.8. The van der Waals surface area contributed by atoms with Crippen LogP contribution in [0.15, 0.2) is 42.5 Å². The fourth-order valence-electron chi connectivity index (χ4n) is 3.92. The molecule has 2 unspecified atom stereocenters. The van der Waals surface area contributed by atoms with Gasteiger partial charge in [0, 0.05) is 31.1 Å². The highest BCUT2D eigenvalue weighted by atomic mass is 35.5. The maximum absolute atomic E-state index is 6.39. The molecule has 0 aliphatic carbocycles. The van der Waals surface area contributed by atoms with Gasteiger partial charge in [0.2, 0.25) is 0 Å². The molecule has 2 nitrogen and oxygen atoms in total. The Hall–Kier alpha value is -1.06. The lowest BCUT2D eigenvalue weighted by Crippen LogP contribution is -2.40. The summed E-state index contributed by atoms with van der Waals surface area (Å²) in [5.74, 6) is 0.338. The van der Waals surface area contributed by atoms with Crippen molar-refractivity contribution in [3.63, 3.8) is 0 Å². The molecule has 2 aliphatic heterocycles. The van der Waals surface area contributed by atoms with Crippen LogP contribution >= 0.6 is 23.2 Å². The Bertz CT molecular complexity index is 734. The Labute approximate surface area is 147 Å². The lowest BCUT2D eigenvalue weighted by molar-refractivity contribution is -0.0567. The van der Waals surface area contributed by atoms with E-state index in [1.165, 1.54) is 11.1 Å². The molecule has 23 heavy (non-hydrogen) atoms. The largest absolute Gasteiger partial charge is 0.369 e. The third kappa shape index (κ3) is 2.68. The maximum Gasteiger partial charge on any atom is 0.0866 e. The van der Waals surface area contributed by atoms with Crippen LogP contribution in [0.4, 0.5) is 0 Å². The molecule has 2 atom stereocenters. The summed E-state index contributed by atoms with van der Waals surface area (Å²) in [7, 11) is 0. The monoisotopic (exact) mass is 347 g/mol. The molecular formula is C19H19Cl2NO. The Morgan fingerprint density at radius 3 is 2.74 bits per heavy atom. The van der Waals surface area contributed by atoms with E-state index in [4.69, 9.17) is 27.9 Å². The number of benzene rings is 2. The van der Waals surface area contributed by atoms with Gasteiger partial charge in [0.15, 0.2) is 0 Å². The van der Waals surface area contributed by atoms with Crippen molar-refractivity contribution >= 4 is 23.2 Å². The van der Waals surface area contributed by atoms with E-state index in [-0.39, 0.29) is 5.60 Å². The van der Waals surface area contributed by atoms with Crippen LogP contribution in [-0.2, 0) is 17.9 Å². The van der Waals surface area contributed by atoms with Crippen molar-refractivity contribution < 1.29 is 4.74 Å². The molecule has 0 radical (unpaired) electrons. The fourth-order valence-corrected chi connectivity index (χ4v) is 4.33. The second-order valence-corrected chi connectivity index (χ2v) is 7.52. The molecule has 0 aromatic heterocycles. The van der Waals surface area contributed by atoms with E-state index in [0.717, 1.165) is 25.2 Å². The molecule has 2 heterocycles. The molecule has 0 saturated carbocycles. The number of hydrogen-bond donors (Lipinski definition) is 0. The van der Waals surface area contributed by atoms with Gasteiger partial charge in [0.25, 0.3) is 0 Å². The second kappa shape index (κ2) is 5.78. The first-order valence-corrected chi connectivity index (χ1v) is 8.69. The van der Waals surface area contributed by atoms with E-state index in [1.54, 1.807) is 0 Å². The van der Waals surface area contributed by atoms with Gasteiger partial charge in [-0.25, -0.2) is 0 Å².